The van der Waals surface area contributed by atoms with Crippen molar-refractivity contribution in [2.45, 2.75) is 25.6 Å². The molecule has 2 N–H and O–H groups in total. The van der Waals surface area contributed by atoms with Gasteiger partial charge in [0.25, 0.3) is 5.91 Å². The number of methoxy groups -OCH3 is 1. The second kappa shape index (κ2) is 9.93. The van der Waals surface area contributed by atoms with Gasteiger partial charge in [0.1, 0.15) is 18.1 Å². The van der Waals surface area contributed by atoms with Gasteiger partial charge in [0, 0.05) is 5.56 Å². The molecule has 0 radical (unpaired) electrons. The Hall–Kier alpha value is -3.33. The van der Waals surface area contributed by atoms with Crippen LogP contribution in [0.3, 0.4) is 0 Å². The number of nitrogens with zero attached hydrogens (tertiary/aromatic N) is 2. The van der Waals surface area contributed by atoms with Gasteiger partial charge in [-0.15, -0.1) is 5.10 Å². The molecule has 3 rings (SSSR count). The van der Waals surface area contributed by atoms with E-state index in [1.165, 1.54) is 0 Å². The van der Waals surface area contributed by atoms with Crippen molar-refractivity contribution in [3.05, 3.63) is 65.0 Å². The molecule has 0 fully saturated rings. The normalized spacial score (nSPS) is 10.5. The Morgan fingerprint density at radius 2 is 1.90 bits per heavy atom. The van der Waals surface area contributed by atoms with Crippen molar-refractivity contribution in [1.82, 2.24) is 20.5 Å². The molecule has 8 nitrogen and oxygen atoms in total. The van der Waals surface area contributed by atoms with Gasteiger partial charge in [0.05, 0.1) is 12.9 Å². The molecule has 30 heavy (non-hydrogen) atoms. The minimum absolute atomic E-state index is 0.0109. The smallest absolute Gasteiger partial charge is 0.257 e. The molecule has 3 aromatic rings. The summed E-state index contributed by atoms with van der Waals surface area (Å²) in [4.78, 5) is 28.4. The van der Waals surface area contributed by atoms with Crippen LogP contribution in [-0.4, -0.2) is 39.9 Å². The zero-order valence-electron chi connectivity index (χ0n) is 16.9. The highest BCUT2D eigenvalue weighted by Gasteiger charge is 2.13. The van der Waals surface area contributed by atoms with Crippen LogP contribution in [0.4, 0.5) is 0 Å². The van der Waals surface area contributed by atoms with Gasteiger partial charge in [-0.2, -0.15) is 0 Å². The standard InChI is InChI=1S/C21H22N4O4S/c1-13-4-5-14(2)17(10-13)29-11-18-22-21(25-24-18)30-12-19(26)23-20(27)15-6-8-16(28-3)9-7-15/h4-10H,11-12H2,1-3H3,(H,22,24,25)(H,23,26,27). The fourth-order valence-electron chi connectivity index (χ4n) is 2.52. The van der Waals surface area contributed by atoms with Crippen LogP contribution in [-0.2, 0) is 11.4 Å². The Bertz CT molecular complexity index is 1030. The molecule has 2 aromatic carbocycles. The topological polar surface area (TPSA) is 106 Å². The molecule has 0 aliphatic rings. The summed E-state index contributed by atoms with van der Waals surface area (Å²) >= 11 is 1.13. The van der Waals surface area contributed by atoms with Crippen molar-refractivity contribution >= 4 is 23.6 Å². The number of aromatic amines is 1. The van der Waals surface area contributed by atoms with Crippen LogP contribution >= 0.6 is 11.8 Å². The Balaban J connectivity index is 1.46. The van der Waals surface area contributed by atoms with Crippen molar-refractivity contribution in [3.8, 4) is 11.5 Å². The first-order chi connectivity index (χ1) is 14.4. The first-order valence-electron chi connectivity index (χ1n) is 9.17. The summed E-state index contributed by atoms with van der Waals surface area (Å²) in [5.74, 6) is 1.08. The van der Waals surface area contributed by atoms with E-state index in [1.807, 2.05) is 32.0 Å². The molecule has 0 spiro atoms. The lowest BCUT2D eigenvalue weighted by molar-refractivity contribution is -0.117. The van der Waals surface area contributed by atoms with Gasteiger partial charge in [0.2, 0.25) is 11.1 Å². The van der Waals surface area contributed by atoms with Gasteiger partial charge >= 0.3 is 0 Å². The number of carbonyl (C=O) groups excluding carboxylic acids is 2. The third kappa shape index (κ3) is 5.84. The fraction of sp³-hybridized carbons (Fsp3) is 0.238. The predicted molar refractivity (Wildman–Crippen MR) is 113 cm³/mol. The lowest BCUT2D eigenvalue weighted by Crippen LogP contribution is -2.31. The zero-order chi connectivity index (χ0) is 21.5. The van der Waals surface area contributed by atoms with Gasteiger partial charge in [-0.1, -0.05) is 23.9 Å². The van der Waals surface area contributed by atoms with Crippen molar-refractivity contribution in [1.29, 1.82) is 0 Å². The fourth-order valence-corrected chi connectivity index (χ4v) is 3.14. The molecule has 0 saturated carbocycles. The SMILES string of the molecule is COc1ccc(C(=O)NC(=O)CSc2n[nH]c(COc3cc(C)ccc3C)n2)cc1. The van der Waals surface area contributed by atoms with Gasteiger partial charge in [-0.05, 0) is 55.3 Å². The number of hydrogen-bond acceptors (Lipinski definition) is 7. The molecule has 0 saturated heterocycles. The minimum Gasteiger partial charge on any atom is -0.497 e. The zero-order valence-corrected chi connectivity index (χ0v) is 17.7. The number of ether oxygens (including phenoxy) is 2. The number of aromatic nitrogens is 3. The first kappa shape index (κ1) is 21.4. The van der Waals surface area contributed by atoms with E-state index < -0.39 is 11.8 Å². The number of thioether (sulfide) groups is 1. The molecule has 1 aromatic heterocycles. The quantitative estimate of drug-likeness (QED) is 0.533. The van der Waals surface area contributed by atoms with Gasteiger partial charge < -0.3 is 9.47 Å². The monoisotopic (exact) mass is 426 g/mol. The highest BCUT2D eigenvalue weighted by atomic mass is 32.2. The lowest BCUT2D eigenvalue weighted by Gasteiger charge is -2.08. The number of H-pyrrole nitrogens is 1. The first-order valence-corrected chi connectivity index (χ1v) is 10.2. The maximum absolute atomic E-state index is 12.1. The van der Waals surface area contributed by atoms with Crippen LogP contribution < -0.4 is 14.8 Å². The molecule has 1 heterocycles. The molecule has 0 unspecified atom stereocenters. The van der Waals surface area contributed by atoms with Crippen LogP contribution in [0, 0.1) is 13.8 Å². The highest BCUT2D eigenvalue weighted by molar-refractivity contribution is 7.99. The Morgan fingerprint density at radius 3 is 2.63 bits per heavy atom. The molecular weight excluding hydrogens is 404 g/mol. The van der Waals surface area contributed by atoms with Gasteiger partial charge in [-0.25, -0.2) is 4.98 Å². The average molecular weight is 426 g/mol. The lowest BCUT2D eigenvalue weighted by atomic mass is 10.1. The molecular formula is C21H22N4O4S. The Labute approximate surface area is 178 Å². The summed E-state index contributed by atoms with van der Waals surface area (Å²) < 4.78 is 10.8. The number of amides is 2. The molecule has 0 aliphatic heterocycles. The van der Waals surface area contributed by atoms with Crippen LogP contribution in [0.1, 0.15) is 27.3 Å². The predicted octanol–water partition coefficient (Wildman–Crippen LogP) is 3.06. The number of imide groups is 1. The minimum atomic E-state index is -0.471. The molecule has 0 aliphatic carbocycles. The largest absolute Gasteiger partial charge is 0.497 e. The number of aryl methyl sites for hydroxylation is 2. The van der Waals surface area contributed by atoms with E-state index in [2.05, 4.69) is 20.5 Å². The van der Waals surface area contributed by atoms with Crippen molar-refractivity contribution in [3.63, 3.8) is 0 Å². The second-order valence-corrected chi connectivity index (χ2v) is 7.46. The van der Waals surface area contributed by atoms with Crippen LogP contribution in [0.25, 0.3) is 0 Å². The third-order valence-electron chi connectivity index (χ3n) is 4.16. The van der Waals surface area contributed by atoms with Crippen LogP contribution in [0.5, 0.6) is 11.5 Å². The number of rotatable bonds is 8. The van der Waals surface area contributed by atoms with Gasteiger partial charge in [0.15, 0.2) is 5.82 Å². The van der Waals surface area contributed by atoms with E-state index in [0.717, 1.165) is 28.6 Å². The Kier molecular flexibility index (Phi) is 7.08. The van der Waals surface area contributed by atoms with E-state index in [-0.39, 0.29) is 12.4 Å². The van der Waals surface area contributed by atoms with Crippen LogP contribution in [0.2, 0.25) is 0 Å². The molecule has 156 valence electrons. The maximum Gasteiger partial charge on any atom is 0.257 e. The number of benzene rings is 2. The maximum atomic E-state index is 12.1. The van der Waals surface area contributed by atoms with Gasteiger partial charge in [-0.3, -0.25) is 20.0 Å². The molecule has 0 bridgehead atoms. The average Bonchev–Trinajstić information content (AvgIpc) is 3.21. The summed E-state index contributed by atoms with van der Waals surface area (Å²) in [6, 6.07) is 12.5. The number of hydrogen-bond donors (Lipinski definition) is 2. The summed E-state index contributed by atoms with van der Waals surface area (Å²) in [6.07, 6.45) is 0. The molecule has 2 amide bonds. The number of carbonyl (C=O) groups is 2. The van der Waals surface area contributed by atoms with Crippen LogP contribution in [0.15, 0.2) is 47.6 Å². The highest BCUT2D eigenvalue weighted by Crippen LogP contribution is 2.20. The summed E-state index contributed by atoms with van der Waals surface area (Å²) in [5, 5.41) is 9.60. The van der Waals surface area contributed by atoms with Crippen molar-refractivity contribution < 1.29 is 19.1 Å². The van der Waals surface area contributed by atoms with E-state index in [1.54, 1.807) is 31.4 Å². The number of nitrogens with one attached hydrogen (secondary N) is 2. The van der Waals surface area contributed by atoms with Crippen molar-refractivity contribution in [2.75, 3.05) is 12.9 Å². The summed E-state index contributed by atoms with van der Waals surface area (Å²) in [7, 11) is 1.54. The van der Waals surface area contributed by atoms with E-state index in [4.69, 9.17) is 9.47 Å². The van der Waals surface area contributed by atoms with E-state index >= 15 is 0 Å². The van der Waals surface area contributed by atoms with E-state index in [9.17, 15) is 9.59 Å². The summed E-state index contributed by atoms with van der Waals surface area (Å²) in [6.45, 7) is 4.21. The second-order valence-electron chi connectivity index (χ2n) is 6.52. The summed E-state index contributed by atoms with van der Waals surface area (Å²) in [5.41, 5.74) is 2.52. The third-order valence-corrected chi connectivity index (χ3v) is 5.00. The van der Waals surface area contributed by atoms with Crippen molar-refractivity contribution in [2.24, 2.45) is 0 Å². The van der Waals surface area contributed by atoms with E-state index in [0.29, 0.717) is 22.3 Å². The molecule has 0 atom stereocenters. The molecule has 9 heteroatoms. The Morgan fingerprint density at radius 1 is 1.13 bits per heavy atom.